The summed E-state index contributed by atoms with van der Waals surface area (Å²) in [6.07, 6.45) is 4.62. The predicted octanol–water partition coefficient (Wildman–Crippen LogP) is 3.46. The van der Waals surface area contributed by atoms with E-state index < -0.39 is 0 Å². The minimum Gasteiger partial charge on any atom is -0.367 e. The molecule has 2 heterocycles. The Labute approximate surface area is 148 Å². The maximum absolute atomic E-state index is 12.4. The highest BCUT2D eigenvalue weighted by atomic mass is 16.2. The molecule has 1 fully saturated rings. The maximum Gasteiger partial charge on any atom is 0.321 e. The Hall–Kier alpha value is -2.63. The minimum atomic E-state index is -0.0308. The van der Waals surface area contributed by atoms with Crippen LogP contribution in [0.1, 0.15) is 31.2 Å². The van der Waals surface area contributed by atoms with Gasteiger partial charge in [-0.05, 0) is 38.3 Å². The van der Waals surface area contributed by atoms with Crippen LogP contribution in [0.2, 0.25) is 0 Å². The maximum atomic E-state index is 12.4. The highest BCUT2D eigenvalue weighted by Crippen LogP contribution is 2.19. The van der Waals surface area contributed by atoms with E-state index >= 15 is 0 Å². The Balaban J connectivity index is 1.53. The Morgan fingerprint density at radius 3 is 2.64 bits per heavy atom. The SMILES string of the molecule is CCc1cnc(C)nc1NC1CCN(C(=O)Nc2ccccc2)CC1. The van der Waals surface area contributed by atoms with Crippen molar-refractivity contribution in [2.75, 3.05) is 23.7 Å². The molecule has 0 saturated carbocycles. The molecular weight excluding hydrogens is 314 g/mol. The number of para-hydroxylation sites is 1. The second kappa shape index (κ2) is 7.96. The molecule has 1 aliphatic heterocycles. The summed E-state index contributed by atoms with van der Waals surface area (Å²) in [6, 6.07) is 9.87. The van der Waals surface area contributed by atoms with Gasteiger partial charge < -0.3 is 15.5 Å². The standard InChI is InChI=1S/C19H25N5O/c1-3-15-13-20-14(2)21-18(15)22-17-9-11-24(12-10-17)19(25)23-16-7-5-4-6-8-16/h4-8,13,17H,3,9-12H2,1-2H3,(H,23,25)(H,20,21,22). The van der Waals surface area contributed by atoms with E-state index in [-0.39, 0.29) is 6.03 Å². The van der Waals surface area contributed by atoms with Crippen LogP contribution < -0.4 is 10.6 Å². The predicted molar refractivity (Wildman–Crippen MR) is 99.8 cm³/mol. The summed E-state index contributed by atoms with van der Waals surface area (Å²) in [6.45, 7) is 5.49. The minimum absolute atomic E-state index is 0.0308. The first-order valence-corrected chi connectivity index (χ1v) is 8.85. The van der Waals surface area contributed by atoms with Gasteiger partial charge >= 0.3 is 6.03 Å². The number of nitrogens with one attached hydrogen (secondary N) is 2. The highest BCUT2D eigenvalue weighted by Gasteiger charge is 2.23. The van der Waals surface area contributed by atoms with E-state index in [0.29, 0.717) is 6.04 Å². The number of nitrogens with zero attached hydrogens (tertiary/aromatic N) is 3. The zero-order valence-corrected chi connectivity index (χ0v) is 14.8. The van der Waals surface area contributed by atoms with Gasteiger partial charge in [-0.3, -0.25) is 0 Å². The van der Waals surface area contributed by atoms with Gasteiger partial charge in [0.15, 0.2) is 0 Å². The molecular formula is C19H25N5O. The number of urea groups is 1. The molecule has 1 saturated heterocycles. The summed E-state index contributed by atoms with van der Waals surface area (Å²) in [5, 5.41) is 6.49. The van der Waals surface area contributed by atoms with E-state index in [9.17, 15) is 4.79 Å². The van der Waals surface area contributed by atoms with Gasteiger partial charge in [0.1, 0.15) is 11.6 Å². The molecule has 1 aromatic heterocycles. The summed E-state index contributed by atoms with van der Waals surface area (Å²) in [7, 11) is 0. The van der Waals surface area contributed by atoms with Crippen molar-refractivity contribution in [1.29, 1.82) is 0 Å². The lowest BCUT2D eigenvalue weighted by Crippen LogP contribution is -2.44. The smallest absolute Gasteiger partial charge is 0.321 e. The van der Waals surface area contributed by atoms with Crippen molar-refractivity contribution in [2.24, 2.45) is 0 Å². The number of carbonyl (C=O) groups is 1. The topological polar surface area (TPSA) is 70.2 Å². The van der Waals surface area contributed by atoms with E-state index in [1.165, 1.54) is 0 Å². The zero-order valence-electron chi connectivity index (χ0n) is 14.8. The first-order chi connectivity index (χ1) is 12.2. The number of aromatic nitrogens is 2. The number of rotatable bonds is 4. The number of hydrogen-bond donors (Lipinski definition) is 2. The van der Waals surface area contributed by atoms with Crippen LogP contribution in [0.25, 0.3) is 0 Å². The van der Waals surface area contributed by atoms with Crippen molar-refractivity contribution in [3.05, 3.63) is 47.9 Å². The van der Waals surface area contributed by atoms with Gasteiger partial charge in [0, 0.05) is 36.6 Å². The quantitative estimate of drug-likeness (QED) is 0.895. The lowest BCUT2D eigenvalue weighted by molar-refractivity contribution is 0.197. The molecule has 2 amide bonds. The Morgan fingerprint density at radius 1 is 1.24 bits per heavy atom. The van der Waals surface area contributed by atoms with Crippen molar-refractivity contribution in [3.63, 3.8) is 0 Å². The molecule has 2 N–H and O–H groups in total. The molecule has 25 heavy (non-hydrogen) atoms. The number of aryl methyl sites for hydroxylation is 2. The number of hydrogen-bond acceptors (Lipinski definition) is 4. The van der Waals surface area contributed by atoms with Crippen LogP contribution in [-0.2, 0) is 6.42 Å². The van der Waals surface area contributed by atoms with Crippen molar-refractivity contribution in [3.8, 4) is 0 Å². The lowest BCUT2D eigenvalue weighted by Gasteiger charge is -2.33. The van der Waals surface area contributed by atoms with E-state index in [4.69, 9.17) is 0 Å². The van der Waals surface area contributed by atoms with E-state index in [2.05, 4.69) is 27.5 Å². The summed E-state index contributed by atoms with van der Waals surface area (Å²) >= 11 is 0. The summed E-state index contributed by atoms with van der Waals surface area (Å²) in [5.74, 6) is 1.71. The molecule has 0 atom stereocenters. The largest absolute Gasteiger partial charge is 0.367 e. The fourth-order valence-corrected chi connectivity index (χ4v) is 3.02. The lowest BCUT2D eigenvalue weighted by atomic mass is 10.0. The van der Waals surface area contributed by atoms with Crippen molar-refractivity contribution < 1.29 is 4.79 Å². The average molecular weight is 339 g/mol. The Morgan fingerprint density at radius 2 is 1.96 bits per heavy atom. The van der Waals surface area contributed by atoms with Gasteiger partial charge in [-0.2, -0.15) is 0 Å². The molecule has 0 spiro atoms. The molecule has 0 bridgehead atoms. The third kappa shape index (κ3) is 4.47. The fourth-order valence-electron chi connectivity index (χ4n) is 3.02. The number of piperidine rings is 1. The Bertz CT molecular complexity index is 711. The van der Waals surface area contributed by atoms with Gasteiger partial charge in [-0.1, -0.05) is 25.1 Å². The summed E-state index contributed by atoms with van der Waals surface area (Å²) in [5.41, 5.74) is 1.96. The van der Waals surface area contributed by atoms with Gasteiger partial charge in [0.25, 0.3) is 0 Å². The molecule has 0 aliphatic carbocycles. The molecule has 0 radical (unpaired) electrons. The average Bonchev–Trinajstić information content (AvgIpc) is 2.63. The van der Waals surface area contributed by atoms with Crippen LogP contribution in [-0.4, -0.2) is 40.0 Å². The second-order valence-electron chi connectivity index (χ2n) is 6.35. The molecule has 2 aromatic rings. The molecule has 3 rings (SSSR count). The van der Waals surface area contributed by atoms with Gasteiger partial charge in [-0.25, -0.2) is 14.8 Å². The number of carbonyl (C=O) groups excluding carboxylic acids is 1. The van der Waals surface area contributed by atoms with Crippen LogP contribution in [0.4, 0.5) is 16.3 Å². The molecule has 0 unspecified atom stereocenters. The summed E-state index contributed by atoms with van der Waals surface area (Å²) < 4.78 is 0. The van der Waals surface area contributed by atoms with Gasteiger partial charge in [-0.15, -0.1) is 0 Å². The van der Waals surface area contributed by atoms with Crippen molar-refractivity contribution >= 4 is 17.5 Å². The van der Waals surface area contributed by atoms with E-state index in [1.54, 1.807) is 0 Å². The number of benzene rings is 1. The number of amides is 2. The number of anilines is 2. The molecule has 1 aliphatic rings. The normalized spacial score (nSPS) is 15.0. The third-order valence-corrected chi connectivity index (χ3v) is 4.51. The fraction of sp³-hybridized carbons (Fsp3) is 0.421. The van der Waals surface area contributed by atoms with Crippen LogP contribution in [0, 0.1) is 6.92 Å². The summed E-state index contributed by atoms with van der Waals surface area (Å²) in [4.78, 5) is 23.0. The number of likely N-dealkylation sites (tertiary alicyclic amines) is 1. The third-order valence-electron chi connectivity index (χ3n) is 4.51. The first-order valence-electron chi connectivity index (χ1n) is 8.85. The monoisotopic (exact) mass is 339 g/mol. The second-order valence-corrected chi connectivity index (χ2v) is 6.35. The molecule has 6 heteroatoms. The van der Waals surface area contributed by atoms with Crippen molar-refractivity contribution in [2.45, 2.75) is 39.2 Å². The van der Waals surface area contributed by atoms with Crippen LogP contribution in [0.3, 0.4) is 0 Å². The highest BCUT2D eigenvalue weighted by molar-refractivity contribution is 5.89. The van der Waals surface area contributed by atoms with E-state index in [0.717, 1.165) is 55.2 Å². The molecule has 1 aromatic carbocycles. The van der Waals surface area contributed by atoms with Gasteiger partial charge in [0.2, 0.25) is 0 Å². The van der Waals surface area contributed by atoms with Crippen LogP contribution in [0.15, 0.2) is 36.5 Å². The van der Waals surface area contributed by atoms with Crippen LogP contribution in [0.5, 0.6) is 0 Å². The Kier molecular flexibility index (Phi) is 5.48. The van der Waals surface area contributed by atoms with Crippen LogP contribution >= 0.6 is 0 Å². The first kappa shape index (κ1) is 17.2. The van der Waals surface area contributed by atoms with Gasteiger partial charge in [0.05, 0.1) is 0 Å². The molecule has 132 valence electrons. The van der Waals surface area contributed by atoms with Crippen molar-refractivity contribution in [1.82, 2.24) is 14.9 Å². The molecule has 6 nitrogen and oxygen atoms in total. The zero-order chi connectivity index (χ0) is 17.6. The van der Waals surface area contributed by atoms with E-state index in [1.807, 2.05) is 48.4 Å².